The highest BCUT2D eigenvalue weighted by atomic mass is 19.4. The molecule has 0 spiro atoms. The summed E-state index contributed by atoms with van der Waals surface area (Å²) in [6.07, 6.45) is -3.29. The zero-order valence-electron chi connectivity index (χ0n) is 14.3. The lowest BCUT2D eigenvalue weighted by atomic mass is 10.1. The molecule has 1 aromatic heterocycles. The van der Waals surface area contributed by atoms with E-state index < -0.39 is 17.6 Å². The maximum Gasteiger partial charge on any atom is 0.418 e. The Balaban J connectivity index is 1.72. The van der Waals surface area contributed by atoms with Gasteiger partial charge in [-0.3, -0.25) is 4.79 Å². The Morgan fingerprint density at radius 3 is 2.43 bits per heavy atom. The van der Waals surface area contributed by atoms with Gasteiger partial charge in [0, 0.05) is 12.7 Å². The Kier molecular flexibility index (Phi) is 5.53. The average Bonchev–Trinajstić information content (AvgIpc) is 2.67. The molecule has 3 rings (SSSR count). The highest BCUT2D eigenvalue weighted by Gasteiger charge is 2.33. The lowest BCUT2D eigenvalue weighted by Crippen LogP contribution is -2.24. The van der Waals surface area contributed by atoms with Crippen LogP contribution < -0.4 is 10.6 Å². The molecule has 0 aliphatic rings. The van der Waals surface area contributed by atoms with Crippen molar-refractivity contribution in [2.24, 2.45) is 0 Å². The van der Waals surface area contributed by atoms with E-state index >= 15 is 0 Å². The van der Waals surface area contributed by atoms with E-state index in [-0.39, 0.29) is 29.7 Å². The lowest BCUT2D eigenvalue weighted by Gasteiger charge is -2.13. The third kappa shape index (κ3) is 4.81. The molecule has 3 aromatic rings. The summed E-state index contributed by atoms with van der Waals surface area (Å²) in [5.41, 5.74) is -0.436. The molecule has 144 valence electrons. The number of aromatic nitrogens is 2. The van der Waals surface area contributed by atoms with Gasteiger partial charge in [-0.05, 0) is 35.9 Å². The van der Waals surface area contributed by atoms with Gasteiger partial charge < -0.3 is 10.6 Å². The molecule has 9 heteroatoms. The number of nitrogens with one attached hydrogen (secondary N) is 2. The summed E-state index contributed by atoms with van der Waals surface area (Å²) < 4.78 is 52.1. The summed E-state index contributed by atoms with van der Waals surface area (Å²) >= 11 is 0. The van der Waals surface area contributed by atoms with Crippen LogP contribution in [0.25, 0.3) is 0 Å². The Hall–Kier alpha value is -3.49. The summed E-state index contributed by atoms with van der Waals surface area (Å²) in [4.78, 5) is 20.0. The number of rotatable bonds is 5. The second-order valence-corrected chi connectivity index (χ2v) is 5.74. The SMILES string of the molecule is O=C(NCc1ccc(F)cc1)c1ccnc(Nc2ccccc2C(F)(F)F)n1. The summed E-state index contributed by atoms with van der Waals surface area (Å²) in [5.74, 6) is -1.08. The van der Waals surface area contributed by atoms with E-state index in [1.165, 1.54) is 54.7 Å². The third-order valence-electron chi connectivity index (χ3n) is 3.73. The van der Waals surface area contributed by atoms with Gasteiger partial charge in [0.15, 0.2) is 0 Å². The van der Waals surface area contributed by atoms with Gasteiger partial charge in [0.25, 0.3) is 5.91 Å². The summed E-state index contributed by atoms with van der Waals surface area (Å²) in [6, 6.07) is 11.8. The molecule has 0 atom stereocenters. The molecule has 2 N–H and O–H groups in total. The number of carbonyl (C=O) groups is 1. The van der Waals surface area contributed by atoms with E-state index in [4.69, 9.17) is 0 Å². The smallest absolute Gasteiger partial charge is 0.347 e. The van der Waals surface area contributed by atoms with Gasteiger partial charge in [0.2, 0.25) is 5.95 Å². The first-order valence-electron chi connectivity index (χ1n) is 8.12. The Labute approximate surface area is 157 Å². The molecule has 0 aliphatic carbocycles. The summed E-state index contributed by atoms with van der Waals surface area (Å²) in [5, 5.41) is 5.09. The second-order valence-electron chi connectivity index (χ2n) is 5.74. The van der Waals surface area contributed by atoms with Crippen molar-refractivity contribution >= 4 is 17.5 Å². The van der Waals surface area contributed by atoms with Gasteiger partial charge >= 0.3 is 6.18 Å². The van der Waals surface area contributed by atoms with Crippen molar-refractivity contribution in [1.29, 1.82) is 0 Å². The van der Waals surface area contributed by atoms with Gasteiger partial charge in [0.05, 0.1) is 11.3 Å². The van der Waals surface area contributed by atoms with Crippen molar-refractivity contribution in [2.45, 2.75) is 12.7 Å². The number of carbonyl (C=O) groups excluding carboxylic acids is 1. The fourth-order valence-corrected chi connectivity index (χ4v) is 2.38. The Bertz CT molecular complexity index is 974. The number of halogens is 4. The van der Waals surface area contributed by atoms with Gasteiger partial charge in [-0.2, -0.15) is 13.2 Å². The standard InChI is InChI=1S/C19H14F4N4O/c20-13-7-5-12(6-8-13)11-25-17(28)16-9-10-24-18(27-16)26-15-4-2-1-3-14(15)19(21,22)23/h1-10H,11H2,(H,25,28)(H,24,26,27). The Morgan fingerprint density at radius 1 is 1.00 bits per heavy atom. The minimum absolute atomic E-state index is 0.0240. The maximum atomic E-state index is 13.1. The van der Waals surface area contributed by atoms with Gasteiger partial charge in [0.1, 0.15) is 11.5 Å². The fraction of sp³-hybridized carbons (Fsp3) is 0.105. The van der Waals surface area contributed by atoms with Crippen molar-refractivity contribution in [2.75, 3.05) is 5.32 Å². The van der Waals surface area contributed by atoms with E-state index in [1.807, 2.05) is 0 Å². The molecule has 2 aromatic carbocycles. The molecule has 0 saturated heterocycles. The van der Waals surface area contributed by atoms with Crippen LogP contribution in [0.1, 0.15) is 21.6 Å². The van der Waals surface area contributed by atoms with Crippen molar-refractivity contribution in [3.05, 3.63) is 83.4 Å². The quantitative estimate of drug-likeness (QED) is 0.638. The topological polar surface area (TPSA) is 66.9 Å². The zero-order chi connectivity index (χ0) is 20.1. The third-order valence-corrected chi connectivity index (χ3v) is 3.73. The number of benzene rings is 2. The molecular weight excluding hydrogens is 376 g/mol. The molecule has 28 heavy (non-hydrogen) atoms. The minimum atomic E-state index is -4.55. The van der Waals surface area contributed by atoms with Crippen LogP contribution in [0.2, 0.25) is 0 Å². The molecule has 5 nitrogen and oxygen atoms in total. The summed E-state index contributed by atoms with van der Waals surface area (Å²) in [7, 11) is 0. The Morgan fingerprint density at radius 2 is 1.71 bits per heavy atom. The van der Waals surface area contributed by atoms with Gasteiger partial charge in [-0.25, -0.2) is 14.4 Å². The van der Waals surface area contributed by atoms with Crippen molar-refractivity contribution < 1.29 is 22.4 Å². The van der Waals surface area contributed by atoms with Crippen LogP contribution in [0.3, 0.4) is 0 Å². The predicted octanol–water partition coefficient (Wildman–Crippen LogP) is 4.31. The molecule has 0 fully saturated rings. The van der Waals surface area contributed by atoms with E-state index in [2.05, 4.69) is 20.6 Å². The van der Waals surface area contributed by atoms with Crippen LogP contribution in [-0.2, 0) is 12.7 Å². The largest absolute Gasteiger partial charge is 0.418 e. The minimum Gasteiger partial charge on any atom is -0.347 e. The van der Waals surface area contributed by atoms with Crippen LogP contribution in [0.5, 0.6) is 0 Å². The molecule has 1 heterocycles. The highest BCUT2D eigenvalue weighted by molar-refractivity contribution is 5.92. The van der Waals surface area contributed by atoms with E-state index in [0.29, 0.717) is 5.56 Å². The van der Waals surface area contributed by atoms with E-state index in [1.54, 1.807) is 0 Å². The molecule has 1 amide bonds. The number of alkyl halides is 3. The van der Waals surface area contributed by atoms with Crippen LogP contribution >= 0.6 is 0 Å². The summed E-state index contributed by atoms with van der Waals surface area (Å²) in [6.45, 7) is 0.142. The van der Waals surface area contributed by atoms with Crippen LogP contribution in [0.15, 0.2) is 60.8 Å². The lowest BCUT2D eigenvalue weighted by molar-refractivity contribution is -0.136. The van der Waals surface area contributed by atoms with Gasteiger partial charge in [-0.1, -0.05) is 24.3 Å². The van der Waals surface area contributed by atoms with E-state index in [9.17, 15) is 22.4 Å². The van der Waals surface area contributed by atoms with Crippen LogP contribution in [0.4, 0.5) is 29.2 Å². The first-order valence-corrected chi connectivity index (χ1v) is 8.12. The number of para-hydroxylation sites is 1. The molecule has 0 aliphatic heterocycles. The molecule has 0 bridgehead atoms. The maximum absolute atomic E-state index is 13.1. The van der Waals surface area contributed by atoms with Crippen molar-refractivity contribution in [3.63, 3.8) is 0 Å². The predicted molar refractivity (Wildman–Crippen MR) is 94.3 cm³/mol. The fourth-order valence-electron chi connectivity index (χ4n) is 2.38. The molecule has 0 unspecified atom stereocenters. The van der Waals surface area contributed by atoms with Crippen LogP contribution in [-0.4, -0.2) is 15.9 Å². The molecular formula is C19H14F4N4O. The second kappa shape index (κ2) is 8.03. The average molecular weight is 390 g/mol. The van der Waals surface area contributed by atoms with E-state index in [0.717, 1.165) is 6.07 Å². The number of nitrogens with zero attached hydrogens (tertiary/aromatic N) is 2. The number of hydrogen-bond acceptors (Lipinski definition) is 4. The first kappa shape index (κ1) is 19.3. The highest BCUT2D eigenvalue weighted by Crippen LogP contribution is 2.35. The first-order chi connectivity index (χ1) is 13.3. The zero-order valence-corrected chi connectivity index (χ0v) is 14.3. The normalized spacial score (nSPS) is 11.1. The van der Waals surface area contributed by atoms with Crippen LogP contribution in [0, 0.1) is 5.82 Å². The number of anilines is 2. The molecule has 0 radical (unpaired) electrons. The monoisotopic (exact) mass is 390 g/mol. The number of hydrogen-bond donors (Lipinski definition) is 2. The number of amides is 1. The van der Waals surface area contributed by atoms with Crippen molar-refractivity contribution in [1.82, 2.24) is 15.3 Å². The molecule has 0 saturated carbocycles. The van der Waals surface area contributed by atoms with Gasteiger partial charge in [-0.15, -0.1) is 0 Å². The van der Waals surface area contributed by atoms with Crippen molar-refractivity contribution in [3.8, 4) is 0 Å².